The number of rotatable bonds is 1. The predicted molar refractivity (Wildman–Crippen MR) is 58.6 cm³/mol. The molecule has 0 amide bonds. The van der Waals surface area contributed by atoms with Gasteiger partial charge in [0.15, 0.2) is 5.78 Å². The number of fused-ring (bicyclic) bond motifs is 3. The predicted octanol–water partition coefficient (Wildman–Crippen LogP) is 1.88. The molecule has 0 saturated heterocycles. The molecule has 84 valence electrons. The van der Waals surface area contributed by atoms with Crippen molar-refractivity contribution in [3.05, 3.63) is 29.3 Å². The van der Waals surface area contributed by atoms with Crippen molar-refractivity contribution in [1.29, 1.82) is 0 Å². The van der Waals surface area contributed by atoms with Crippen molar-refractivity contribution >= 4 is 5.78 Å². The lowest BCUT2D eigenvalue weighted by atomic mass is 9.90. The molecule has 1 N–H and O–H groups in total. The molecule has 1 saturated carbocycles. The highest BCUT2D eigenvalue weighted by Crippen LogP contribution is 2.53. The first-order chi connectivity index (χ1) is 7.68. The third-order valence-corrected chi connectivity index (χ3v) is 3.90. The highest BCUT2D eigenvalue weighted by atomic mass is 16.5. The Morgan fingerprint density at radius 2 is 2.31 bits per heavy atom. The molecular weight excluding hydrogens is 204 g/mol. The molecule has 1 unspecified atom stereocenters. The lowest BCUT2D eigenvalue weighted by Crippen LogP contribution is -2.27. The maximum absolute atomic E-state index is 12.2. The number of benzene rings is 1. The van der Waals surface area contributed by atoms with Crippen LogP contribution in [0.4, 0.5) is 0 Å². The Morgan fingerprint density at radius 1 is 1.50 bits per heavy atom. The molecule has 0 heterocycles. The number of hydrogen-bond donors (Lipinski definition) is 1. The van der Waals surface area contributed by atoms with Crippen LogP contribution in [0.15, 0.2) is 18.2 Å². The number of carbonyl (C=O) groups is 1. The van der Waals surface area contributed by atoms with Crippen molar-refractivity contribution in [2.24, 2.45) is 5.92 Å². The van der Waals surface area contributed by atoms with Gasteiger partial charge in [0.2, 0.25) is 0 Å². The maximum Gasteiger partial charge on any atom is 0.173 e. The fourth-order valence-corrected chi connectivity index (χ4v) is 3.15. The molecule has 1 aromatic rings. The van der Waals surface area contributed by atoms with Crippen LogP contribution in [0.5, 0.6) is 5.75 Å². The quantitative estimate of drug-likeness (QED) is 0.782. The van der Waals surface area contributed by atoms with Crippen LogP contribution >= 0.6 is 0 Å². The molecule has 1 aromatic carbocycles. The second-order valence-electron chi connectivity index (χ2n) is 4.62. The van der Waals surface area contributed by atoms with Crippen molar-refractivity contribution in [2.75, 3.05) is 7.11 Å². The summed E-state index contributed by atoms with van der Waals surface area (Å²) in [7, 11) is 1.56. The smallest absolute Gasteiger partial charge is 0.173 e. The van der Waals surface area contributed by atoms with Gasteiger partial charge >= 0.3 is 0 Å². The highest BCUT2D eigenvalue weighted by Gasteiger charge is 2.54. The van der Waals surface area contributed by atoms with Gasteiger partial charge in [-0.25, -0.2) is 0 Å². The van der Waals surface area contributed by atoms with Crippen LogP contribution in [-0.4, -0.2) is 18.0 Å². The monoisotopic (exact) mass is 218 g/mol. The van der Waals surface area contributed by atoms with Crippen LogP contribution < -0.4 is 4.74 Å². The summed E-state index contributed by atoms with van der Waals surface area (Å²) in [5.41, 5.74) is 0.428. The number of hydrogen-bond acceptors (Lipinski definition) is 3. The number of aliphatic hydroxyl groups is 1. The first-order valence-electron chi connectivity index (χ1n) is 5.62. The maximum atomic E-state index is 12.2. The fourth-order valence-electron chi connectivity index (χ4n) is 3.15. The molecule has 1 fully saturated rings. The molecule has 3 heteroatoms. The molecular formula is C13H14O3. The fraction of sp³-hybridized carbons (Fsp3) is 0.462. The van der Waals surface area contributed by atoms with Crippen molar-refractivity contribution in [1.82, 2.24) is 0 Å². The van der Waals surface area contributed by atoms with Crippen LogP contribution in [0.25, 0.3) is 0 Å². The second-order valence-corrected chi connectivity index (χ2v) is 4.62. The van der Waals surface area contributed by atoms with Crippen molar-refractivity contribution in [2.45, 2.75) is 24.9 Å². The van der Waals surface area contributed by atoms with E-state index in [1.54, 1.807) is 13.2 Å². The molecule has 3 nitrogen and oxygen atoms in total. The SMILES string of the molecule is COc1cccc2c1C(=O)C1CCC[C@@]21O. The molecule has 0 aliphatic heterocycles. The number of ether oxygens (including phenoxy) is 1. The van der Waals surface area contributed by atoms with Gasteiger partial charge in [0.05, 0.1) is 18.6 Å². The van der Waals surface area contributed by atoms with Gasteiger partial charge in [0, 0.05) is 0 Å². The Balaban J connectivity index is 2.26. The van der Waals surface area contributed by atoms with Gasteiger partial charge in [-0.15, -0.1) is 0 Å². The van der Waals surface area contributed by atoms with E-state index in [-0.39, 0.29) is 11.7 Å². The second kappa shape index (κ2) is 3.08. The first-order valence-corrected chi connectivity index (χ1v) is 5.62. The van der Waals surface area contributed by atoms with Crippen LogP contribution in [-0.2, 0) is 5.60 Å². The average molecular weight is 218 g/mol. The van der Waals surface area contributed by atoms with E-state index in [0.29, 0.717) is 17.7 Å². The lowest BCUT2D eigenvalue weighted by Gasteiger charge is -2.22. The standard InChI is InChI=1S/C13H14O3/c1-16-10-6-2-4-8-11(10)12(14)9-5-3-7-13(8,9)15/h2,4,6,9,15H,3,5,7H2,1H3/t9?,13-/m1/s1. The van der Waals surface area contributed by atoms with Gasteiger partial charge in [0.1, 0.15) is 11.4 Å². The number of carbonyl (C=O) groups excluding carboxylic acids is 1. The van der Waals surface area contributed by atoms with E-state index >= 15 is 0 Å². The molecule has 2 aliphatic carbocycles. The summed E-state index contributed by atoms with van der Waals surface area (Å²) in [5.74, 6) is 0.386. The normalized spacial score (nSPS) is 31.4. The molecule has 0 aromatic heterocycles. The van der Waals surface area contributed by atoms with E-state index in [0.717, 1.165) is 18.4 Å². The molecule has 0 bridgehead atoms. The molecule has 0 spiro atoms. The van der Waals surface area contributed by atoms with Crippen LogP contribution in [0.2, 0.25) is 0 Å². The Bertz CT molecular complexity index is 466. The Hall–Kier alpha value is -1.35. The molecule has 2 atom stereocenters. The Labute approximate surface area is 94.0 Å². The summed E-state index contributed by atoms with van der Waals surface area (Å²) >= 11 is 0. The summed E-state index contributed by atoms with van der Waals surface area (Å²) in [6, 6.07) is 5.46. The van der Waals surface area contributed by atoms with Crippen molar-refractivity contribution in [3.63, 3.8) is 0 Å². The summed E-state index contributed by atoms with van der Waals surface area (Å²) in [6.45, 7) is 0. The van der Waals surface area contributed by atoms with E-state index in [4.69, 9.17) is 4.74 Å². The van der Waals surface area contributed by atoms with Gasteiger partial charge in [-0.05, 0) is 30.9 Å². The lowest BCUT2D eigenvalue weighted by molar-refractivity contribution is 0.0132. The van der Waals surface area contributed by atoms with Gasteiger partial charge in [0.25, 0.3) is 0 Å². The molecule has 2 aliphatic rings. The van der Waals surface area contributed by atoms with E-state index in [1.165, 1.54) is 0 Å². The summed E-state index contributed by atoms with van der Waals surface area (Å²) < 4.78 is 5.21. The Kier molecular flexibility index (Phi) is 1.89. The summed E-state index contributed by atoms with van der Waals surface area (Å²) in [5, 5.41) is 10.6. The first kappa shape index (κ1) is 9.85. The molecule has 16 heavy (non-hydrogen) atoms. The molecule has 0 radical (unpaired) electrons. The Morgan fingerprint density at radius 3 is 3.06 bits per heavy atom. The van der Waals surface area contributed by atoms with E-state index in [1.807, 2.05) is 12.1 Å². The average Bonchev–Trinajstić information content (AvgIpc) is 2.78. The zero-order valence-corrected chi connectivity index (χ0v) is 9.19. The number of Topliss-reactive ketones (excluding diaryl/α,β-unsaturated/α-hetero) is 1. The van der Waals surface area contributed by atoms with E-state index < -0.39 is 5.60 Å². The third kappa shape index (κ3) is 0.990. The zero-order chi connectivity index (χ0) is 11.3. The minimum absolute atomic E-state index is 0.0486. The minimum atomic E-state index is -0.930. The minimum Gasteiger partial charge on any atom is -0.496 e. The van der Waals surface area contributed by atoms with Crippen molar-refractivity contribution < 1.29 is 14.6 Å². The van der Waals surface area contributed by atoms with Crippen LogP contribution in [0, 0.1) is 5.92 Å². The molecule has 3 rings (SSSR count). The number of methoxy groups -OCH3 is 1. The van der Waals surface area contributed by atoms with Gasteiger partial charge in [-0.3, -0.25) is 4.79 Å². The van der Waals surface area contributed by atoms with Crippen molar-refractivity contribution in [3.8, 4) is 5.75 Å². The number of ketones is 1. The topological polar surface area (TPSA) is 46.5 Å². The largest absolute Gasteiger partial charge is 0.496 e. The van der Waals surface area contributed by atoms with E-state index in [9.17, 15) is 9.90 Å². The zero-order valence-electron chi connectivity index (χ0n) is 9.19. The van der Waals surface area contributed by atoms with Crippen LogP contribution in [0.1, 0.15) is 35.2 Å². The van der Waals surface area contributed by atoms with E-state index in [2.05, 4.69) is 0 Å². The van der Waals surface area contributed by atoms with Gasteiger partial charge in [-0.1, -0.05) is 12.1 Å². The van der Waals surface area contributed by atoms with Gasteiger partial charge < -0.3 is 9.84 Å². The summed E-state index contributed by atoms with van der Waals surface area (Å²) in [6.07, 6.45) is 2.39. The summed E-state index contributed by atoms with van der Waals surface area (Å²) in [4.78, 5) is 12.2. The highest BCUT2D eigenvalue weighted by molar-refractivity contribution is 6.06. The van der Waals surface area contributed by atoms with Gasteiger partial charge in [-0.2, -0.15) is 0 Å². The third-order valence-electron chi connectivity index (χ3n) is 3.90. The van der Waals surface area contributed by atoms with Crippen LogP contribution in [0.3, 0.4) is 0 Å².